The molecule has 92 valence electrons. The molecule has 0 fully saturated rings. The van der Waals surface area contributed by atoms with E-state index in [0.29, 0.717) is 5.69 Å². The van der Waals surface area contributed by atoms with Gasteiger partial charge in [0, 0.05) is 11.9 Å². The first-order valence-corrected chi connectivity index (χ1v) is 5.90. The summed E-state index contributed by atoms with van der Waals surface area (Å²) in [5.41, 5.74) is 3.36. The summed E-state index contributed by atoms with van der Waals surface area (Å²) in [6, 6.07) is 9.32. The molecule has 1 aromatic heterocycles. The summed E-state index contributed by atoms with van der Waals surface area (Å²) >= 11 is 0. The summed E-state index contributed by atoms with van der Waals surface area (Å²) in [5, 5.41) is 10.4. The molecule has 1 aromatic carbocycles. The number of aryl methyl sites for hydroxylation is 2. The first-order valence-electron chi connectivity index (χ1n) is 5.90. The summed E-state index contributed by atoms with van der Waals surface area (Å²) in [6.07, 6.45) is 2.42. The summed E-state index contributed by atoms with van der Waals surface area (Å²) in [7, 11) is 0. The Morgan fingerprint density at radius 3 is 2.78 bits per heavy atom. The number of aromatic nitrogens is 2. The Labute approximate surface area is 106 Å². The second kappa shape index (κ2) is 5.40. The molecule has 1 heterocycles. The quantitative estimate of drug-likeness (QED) is 0.898. The van der Waals surface area contributed by atoms with Gasteiger partial charge in [0.25, 0.3) is 5.91 Å². The van der Waals surface area contributed by atoms with E-state index in [-0.39, 0.29) is 5.91 Å². The van der Waals surface area contributed by atoms with Gasteiger partial charge in [-0.3, -0.25) is 4.79 Å². The van der Waals surface area contributed by atoms with Crippen molar-refractivity contribution in [3.8, 4) is 0 Å². The molecule has 0 aliphatic rings. The van der Waals surface area contributed by atoms with Crippen molar-refractivity contribution in [1.29, 1.82) is 0 Å². The number of nitrogens with one attached hydrogen (secondary N) is 1. The molecule has 1 amide bonds. The van der Waals surface area contributed by atoms with Crippen LogP contribution >= 0.6 is 0 Å². The van der Waals surface area contributed by atoms with Gasteiger partial charge in [-0.2, -0.15) is 5.10 Å². The topological polar surface area (TPSA) is 54.9 Å². The van der Waals surface area contributed by atoms with Crippen LogP contribution in [-0.2, 0) is 6.42 Å². The van der Waals surface area contributed by atoms with E-state index in [1.807, 2.05) is 25.1 Å². The Morgan fingerprint density at radius 2 is 2.11 bits per heavy atom. The molecule has 2 aromatic rings. The van der Waals surface area contributed by atoms with Gasteiger partial charge in [-0.25, -0.2) is 0 Å². The van der Waals surface area contributed by atoms with Gasteiger partial charge in [0.15, 0.2) is 5.69 Å². The van der Waals surface area contributed by atoms with E-state index in [0.717, 1.165) is 23.2 Å². The van der Waals surface area contributed by atoms with Gasteiger partial charge in [-0.05, 0) is 36.6 Å². The van der Waals surface area contributed by atoms with Crippen LogP contribution in [0.25, 0.3) is 0 Å². The highest BCUT2D eigenvalue weighted by Crippen LogP contribution is 2.21. The van der Waals surface area contributed by atoms with E-state index in [1.165, 1.54) is 0 Å². The van der Waals surface area contributed by atoms with Gasteiger partial charge in [-0.15, -0.1) is 5.10 Å². The fraction of sp³-hybridized carbons (Fsp3) is 0.214. The SMILES string of the molecule is CCc1cccc(C)c1NC(=O)c1cccnn1. The fourth-order valence-corrected chi connectivity index (χ4v) is 1.80. The lowest BCUT2D eigenvalue weighted by molar-refractivity contribution is 0.102. The average Bonchev–Trinajstić information content (AvgIpc) is 2.42. The van der Waals surface area contributed by atoms with Crippen molar-refractivity contribution in [3.05, 3.63) is 53.3 Å². The average molecular weight is 241 g/mol. The normalized spacial score (nSPS) is 10.1. The van der Waals surface area contributed by atoms with Gasteiger partial charge in [-0.1, -0.05) is 25.1 Å². The number of nitrogens with zero attached hydrogens (tertiary/aromatic N) is 2. The minimum atomic E-state index is -0.230. The van der Waals surface area contributed by atoms with E-state index in [9.17, 15) is 4.79 Å². The van der Waals surface area contributed by atoms with Gasteiger partial charge < -0.3 is 5.32 Å². The lowest BCUT2D eigenvalue weighted by Crippen LogP contribution is -2.16. The van der Waals surface area contributed by atoms with Gasteiger partial charge >= 0.3 is 0 Å². The Morgan fingerprint density at radius 1 is 1.28 bits per heavy atom. The highest BCUT2D eigenvalue weighted by atomic mass is 16.1. The molecule has 0 saturated carbocycles. The zero-order chi connectivity index (χ0) is 13.0. The molecule has 4 heteroatoms. The van der Waals surface area contributed by atoms with E-state index in [1.54, 1.807) is 18.3 Å². The molecular formula is C14H15N3O. The summed E-state index contributed by atoms with van der Waals surface area (Å²) in [4.78, 5) is 12.0. The van der Waals surface area contributed by atoms with Crippen molar-refractivity contribution in [2.24, 2.45) is 0 Å². The van der Waals surface area contributed by atoms with Crippen molar-refractivity contribution in [2.75, 3.05) is 5.32 Å². The molecule has 0 saturated heterocycles. The number of amides is 1. The summed E-state index contributed by atoms with van der Waals surface area (Å²) < 4.78 is 0. The molecule has 18 heavy (non-hydrogen) atoms. The molecule has 2 rings (SSSR count). The predicted molar refractivity (Wildman–Crippen MR) is 70.5 cm³/mol. The third-order valence-corrected chi connectivity index (χ3v) is 2.78. The largest absolute Gasteiger partial charge is 0.320 e. The number of rotatable bonds is 3. The van der Waals surface area contributed by atoms with Crippen LogP contribution in [0.4, 0.5) is 5.69 Å². The zero-order valence-corrected chi connectivity index (χ0v) is 10.5. The summed E-state index contributed by atoms with van der Waals surface area (Å²) in [6.45, 7) is 4.04. The van der Waals surface area contributed by atoms with Crippen LogP contribution in [0, 0.1) is 6.92 Å². The molecule has 1 N–H and O–H groups in total. The zero-order valence-electron chi connectivity index (χ0n) is 10.5. The van der Waals surface area contributed by atoms with Gasteiger partial charge in [0.1, 0.15) is 0 Å². The van der Waals surface area contributed by atoms with Crippen LogP contribution in [0.2, 0.25) is 0 Å². The maximum atomic E-state index is 12.0. The van der Waals surface area contributed by atoms with Crippen LogP contribution in [0.1, 0.15) is 28.5 Å². The number of carbonyl (C=O) groups excluding carboxylic acids is 1. The number of hydrogen-bond acceptors (Lipinski definition) is 3. The number of para-hydroxylation sites is 1. The van der Waals surface area contributed by atoms with E-state index < -0.39 is 0 Å². The van der Waals surface area contributed by atoms with E-state index >= 15 is 0 Å². The van der Waals surface area contributed by atoms with Crippen molar-refractivity contribution >= 4 is 11.6 Å². The van der Waals surface area contributed by atoms with Crippen molar-refractivity contribution in [2.45, 2.75) is 20.3 Å². The molecule has 0 atom stereocenters. The number of benzene rings is 1. The monoisotopic (exact) mass is 241 g/mol. The van der Waals surface area contributed by atoms with Crippen LogP contribution in [0.3, 0.4) is 0 Å². The van der Waals surface area contributed by atoms with Crippen LogP contribution in [0.15, 0.2) is 36.5 Å². The number of carbonyl (C=O) groups is 1. The molecule has 0 radical (unpaired) electrons. The lowest BCUT2D eigenvalue weighted by Gasteiger charge is -2.12. The van der Waals surface area contributed by atoms with E-state index in [4.69, 9.17) is 0 Å². The minimum absolute atomic E-state index is 0.230. The van der Waals surface area contributed by atoms with Gasteiger partial charge in [0.05, 0.1) is 0 Å². The van der Waals surface area contributed by atoms with Crippen LogP contribution < -0.4 is 5.32 Å². The molecule has 0 spiro atoms. The Bertz CT molecular complexity index is 552. The highest BCUT2D eigenvalue weighted by molar-refractivity contribution is 6.03. The van der Waals surface area contributed by atoms with Crippen LogP contribution in [-0.4, -0.2) is 16.1 Å². The molecule has 0 aliphatic carbocycles. The minimum Gasteiger partial charge on any atom is -0.320 e. The van der Waals surface area contributed by atoms with Crippen molar-refractivity contribution in [3.63, 3.8) is 0 Å². The molecule has 0 unspecified atom stereocenters. The maximum absolute atomic E-state index is 12.0. The number of anilines is 1. The third-order valence-electron chi connectivity index (χ3n) is 2.78. The Kier molecular flexibility index (Phi) is 3.67. The van der Waals surface area contributed by atoms with Gasteiger partial charge in [0.2, 0.25) is 0 Å². The Hall–Kier alpha value is -2.23. The standard InChI is InChI=1S/C14H15N3O/c1-3-11-7-4-6-10(2)13(11)16-14(18)12-8-5-9-15-17-12/h4-9H,3H2,1-2H3,(H,16,18). The maximum Gasteiger partial charge on any atom is 0.276 e. The van der Waals surface area contributed by atoms with Crippen LogP contribution in [0.5, 0.6) is 0 Å². The fourth-order valence-electron chi connectivity index (χ4n) is 1.80. The molecule has 0 aliphatic heterocycles. The second-order valence-corrected chi connectivity index (χ2v) is 4.03. The molecule has 0 bridgehead atoms. The lowest BCUT2D eigenvalue weighted by atomic mass is 10.1. The third kappa shape index (κ3) is 2.53. The molecular weight excluding hydrogens is 226 g/mol. The highest BCUT2D eigenvalue weighted by Gasteiger charge is 2.11. The van der Waals surface area contributed by atoms with Crippen molar-refractivity contribution in [1.82, 2.24) is 10.2 Å². The van der Waals surface area contributed by atoms with Crippen molar-refractivity contribution < 1.29 is 4.79 Å². The Balaban J connectivity index is 2.27. The predicted octanol–water partition coefficient (Wildman–Crippen LogP) is 2.60. The van der Waals surface area contributed by atoms with E-state index in [2.05, 4.69) is 22.4 Å². The number of hydrogen-bond donors (Lipinski definition) is 1. The smallest absolute Gasteiger partial charge is 0.276 e. The molecule has 4 nitrogen and oxygen atoms in total. The second-order valence-electron chi connectivity index (χ2n) is 4.03. The first-order chi connectivity index (χ1) is 8.72. The first kappa shape index (κ1) is 12.2. The summed E-state index contributed by atoms with van der Waals surface area (Å²) in [5.74, 6) is -0.230.